The minimum absolute atomic E-state index is 0.0738. The zero-order valence-electron chi connectivity index (χ0n) is 12.7. The Bertz CT molecular complexity index is 533. The first-order chi connectivity index (χ1) is 9.30. The maximum atomic E-state index is 11.8. The number of rotatable bonds is 4. The van der Waals surface area contributed by atoms with E-state index >= 15 is 0 Å². The molecule has 4 heteroatoms. The van der Waals surface area contributed by atoms with E-state index in [1.165, 1.54) is 5.57 Å². The van der Waals surface area contributed by atoms with Crippen LogP contribution in [0.1, 0.15) is 18.4 Å². The Balaban J connectivity index is 2.30. The highest BCUT2D eigenvalue weighted by atomic mass is 32.1. The number of carbonyl (C=O) groups excluding carboxylic acids is 1. The summed E-state index contributed by atoms with van der Waals surface area (Å²) in [5.41, 5.74) is 3.24. The molecule has 2 rings (SSSR count). The molecule has 1 aromatic carbocycles. The van der Waals surface area contributed by atoms with E-state index in [-0.39, 0.29) is 5.12 Å². The van der Waals surface area contributed by atoms with Crippen molar-refractivity contribution in [3.8, 4) is 0 Å². The normalized spacial score (nSPS) is 19.8. The first-order valence-electron chi connectivity index (χ1n) is 7.04. The molecule has 0 saturated heterocycles. The molecule has 0 fully saturated rings. The van der Waals surface area contributed by atoms with Crippen LogP contribution in [0.4, 0.5) is 0 Å². The van der Waals surface area contributed by atoms with Gasteiger partial charge in [0.25, 0.3) is 0 Å². The van der Waals surface area contributed by atoms with Crippen LogP contribution in [0, 0.1) is 0 Å². The summed E-state index contributed by atoms with van der Waals surface area (Å²) in [6, 6.07) is 10.7. The molecule has 20 heavy (non-hydrogen) atoms. The van der Waals surface area contributed by atoms with Crippen molar-refractivity contribution in [3.05, 3.63) is 41.5 Å². The molecule has 0 N–H and O–H groups in total. The van der Waals surface area contributed by atoms with Crippen molar-refractivity contribution < 1.29 is 4.79 Å². The smallest absolute Gasteiger partial charge is 0.212 e. The predicted octanol–water partition coefficient (Wildman–Crippen LogP) is 3.83. The topological polar surface area (TPSA) is 20.3 Å². The lowest BCUT2D eigenvalue weighted by Crippen LogP contribution is -2.48. The first kappa shape index (κ1) is 15.5. The molecular formula is C16H23NOSSi. The van der Waals surface area contributed by atoms with Gasteiger partial charge in [0.05, 0.1) is 0 Å². The lowest BCUT2D eigenvalue weighted by molar-refractivity contribution is -0.107. The predicted molar refractivity (Wildman–Crippen MR) is 91.5 cm³/mol. The average Bonchev–Trinajstić information content (AvgIpc) is 2.82. The Kier molecular flexibility index (Phi) is 4.57. The molecule has 1 aliphatic carbocycles. The molecular weight excluding hydrogens is 282 g/mol. The largest absolute Gasteiger partial charge is 0.323 e. The Morgan fingerprint density at radius 2 is 1.80 bits per heavy atom. The first-order valence-corrected chi connectivity index (χ1v) is 10.9. The fourth-order valence-electron chi connectivity index (χ4n) is 2.76. The summed E-state index contributed by atoms with van der Waals surface area (Å²) in [5.74, 6) is 0. The van der Waals surface area contributed by atoms with Crippen molar-refractivity contribution in [3.63, 3.8) is 0 Å². The number of carbonyl (C=O) groups is 1. The highest BCUT2D eigenvalue weighted by Crippen LogP contribution is 2.38. The van der Waals surface area contributed by atoms with Crippen LogP contribution in [-0.2, 0) is 4.79 Å². The maximum absolute atomic E-state index is 11.8. The van der Waals surface area contributed by atoms with E-state index in [0.29, 0.717) is 6.04 Å². The van der Waals surface area contributed by atoms with Crippen molar-refractivity contribution in [2.24, 2.45) is 0 Å². The van der Waals surface area contributed by atoms with Crippen LogP contribution in [-0.4, -0.2) is 31.0 Å². The van der Waals surface area contributed by atoms with E-state index < -0.39 is 8.24 Å². The van der Waals surface area contributed by atoms with Crippen molar-refractivity contribution in [1.29, 1.82) is 0 Å². The Morgan fingerprint density at radius 3 is 2.30 bits per heavy atom. The number of thiol groups is 1. The van der Waals surface area contributed by atoms with Gasteiger partial charge in [0.1, 0.15) is 8.24 Å². The van der Waals surface area contributed by atoms with Gasteiger partial charge in [-0.1, -0.05) is 50.0 Å². The second-order valence-corrected chi connectivity index (χ2v) is 11.9. The van der Waals surface area contributed by atoms with Gasteiger partial charge < -0.3 is 4.57 Å². The molecule has 1 atom stereocenters. The third-order valence-electron chi connectivity index (χ3n) is 4.23. The second-order valence-electron chi connectivity index (χ2n) is 6.47. The van der Waals surface area contributed by atoms with Gasteiger partial charge in [0.2, 0.25) is 5.12 Å². The van der Waals surface area contributed by atoms with Crippen molar-refractivity contribution in [2.75, 3.05) is 7.05 Å². The van der Waals surface area contributed by atoms with Crippen LogP contribution in [0.5, 0.6) is 0 Å². The summed E-state index contributed by atoms with van der Waals surface area (Å²) in [6.45, 7) is 7.03. The highest BCUT2D eigenvalue weighted by Gasteiger charge is 2.34. The minimum atomic E-state index is -1.35. The van der Waals surface area contributed by atoms with Gasteiger partial charge >= 0.3 is 0 Å². The third-order valence-corrected chi connectivity index (χ3v) is 6.98. The lowest BCUT2D eigenvalue weighted by Gasteiger charge is -2.35. The Hall–Kier alpha value is -0.843. The van der Waals surface area contributed by atoms with Crippen molar-refractivity contribution in [2.45, 2.75) is 38.5 Å². The van der Waals surface area contributed by atoms with Crippen LogP contribution < -0.4 is 0 Å². The highest BCUT2D eigenvalue weighted by molar-refractivity contribution is 7.97. The zero-order chi connectivity index (χ0) is 14.9. The Labute approximate surface area is 128 Å². The zero-order valence-corrected chi connectivity index (χ0v) is 14.6. The van der Waals surface area contributed by atoms with Crippen LogP contribution in [0.2, 0.25) is 19.6 Å². The fraction of sp³-hybridized carbons (Fsp3) is 0.438. The standard InChI is InChI=1S/C16H23NOSSi/c1-17(20(2,3)4)13-10-14(15(11-13)16(18)19)12-8-6-5-7-9-12/h5-9,13H,10-11H2,1-4H3,(H,18,19). The third kappa shape index (κ3) is 3.24. The van der Waals surface area contributed by atoms with Crippen LogP contribution >= 0.6 is 12.6 Å². The van der Waals surface area contributed by atoms with Gasteiger partial charge in [-0.25, -0.2) is 0 Å². The van der Waals surface area contributed by atoms with Gasteiger partial charge in [-0.3, -0.25) is 4.79 Å². The molecule has 0 spiro atoms. The molecule has 0 aliphatic heterocycles. The second kappa shape index (κ2) is 5.88. The van der Waals surface area contributed by atoms with Gasteiger partial charge in [0, 0.05) is 11.6 Å². The minimum Gasteiger partial charge on any atom is -0.323 e. The summed E-state index contributed by atoms with van der Waals surface area (Å²) in [5, 5.41) is -0.0738. The van der Waals surface area contributed by atoms with E-state index in [1.54, 1.807) is 0 Å². The van der Waals surface area contributed by atoms with Crippen molar-refractivity contribution in [1.82, 2.24) is 4.57 Å². The molecule has 0 bridgehead atoms. The van der Waals surface area contributed by atoms with Crippen LogP contribution in [0.3, 0.4) is 0 Å². The number of benzene rings is 1. The molecule has 0 amide bonds. The summed E-state index contributed by atoms with van der Waals surface area (Å²) in [7, 11) is 0.850. The van der Waals surface area contributed by atoms with E-state index in [2.05, 4.69) is 56.0 Å². The average molecular weight is 306 g/mol. The van der Waals surface area contributed by atoms with E-state index in [4.69, 9.17) is 0 Å². The molecule has 0 saturated carbocycles. The number of hydrogen-bond acceptors (Lipinski definition) is 2. The molecule has 2 nitrogen and oxygen atoms in total. The fourth-order valence-corrected chi connectivity index (χ4v) is 4.26. The molecule has 0 heterocycles. The van der Waals surface area contributed by atoms with E-state index in [0.717, 1.165) is 24.0 Å². The summed E-state index contributed by atoms with van der Waals surface area (Å²) in [6.07, 6.45) is 1.78. The Morgan fingerprint density at radius 1 is 1.20 bits per heavy atom. The molecule has 108 valence electrons. The van der Waals surface area contributed by atoms with E-state index in [9.17, 15) is 4.79 Å². The molecule has 0 aromatic heterocycles. The lowest BCUT2D eigenvalue weighted by atomic mass is 10.0. The van der Waals surface area contributed by atoms with Gasteiger partial charge in [-0.15, -0.1) is 12.6 Å². The molecule has 1 aliphatic rings. The monoisotopic (exact) mass is 305 g/mol. The van der Waals surface area contributed by atoms with Gasteiger partial charge in [-0.2, -0.15) is 0 Å². The summed E-state index contributed by atoms with van der Waals surface area (Å²) in [4.78, 5) is 11.8. The number of nitrogens with zero attached hydrogens (tertiary/aromatic N) is 1. The van der Waals surface area contributed by atoms with E-state index in [1.807, 2.05) is 18.2 Å². The van der Waals surface area contributed by atoms with Gasteiger partial charge in [-0.05, 0) is 31.0 Å². The van der Waals surface area contributed by atoms with Crippen molar-refractivity contribution >= 4 is 31.6 Å². The molecule has 1 aromatic rings. The van der Waals surface area contributed by atoms with Crippen LogP contribution in [0.25, 0.3) is 5.57 Å². The summed E-state index contributed by atoms with van der Waals surface area (Å²) < 4.78 is 2.50. The SMILES string of the molecule is CN(C1CC(C(=O)S)=C(c2ccccc2)C1)[Si](C)(C)C. The maximum Gasteiger partial charge on any atom is 0.212 e. The summed E-state index contributed by atoms with van der Waals surface area (Å²) >= 11 is 4.08. The van der Waals surface area contributed by atoms with Crippen LogP contribution in [0.15, 0.2) is 35.9 Å². The number of hydrogen-bond donors (Lipinski definition) is 1. The quantitative estimate of drug-likeness (QED) is 0.674. The molecule has 0 radical (unpaired) electrons. The molecule has 1 unspecified atom stereocenters. The van der Waals surface area contributed by atoms with Gasteiger partial charge in [0.15, 0.2) is 0 Å².